The third-order valence-electron chi connectivity index (χ3n) is 3.10. The first-order valence-corrected chi connectivity index (χ1v) is 5.70. The summed E-state index contributed by atoms with van der Waals surface area (Å²) in [6.07, 6.45) is 0.832. The molecular weight excluding hydrogens is 232 g/mol. The molecule has 1 aromatic heterocycles. The summed E-state index contributed by atoms with van der Waals surface area (Å²) in [5, 5.41) is 3.89. The predicted molar refractivity (Wildman–Crippen MR) is 65.7 cm³/mol. The molecule has 0 saturated carbocycles. The maximum atomic E-state index is 12.3. The number of carbonyl (C=O) groups is 1. The number of carbonyl (C=O) groups excluding carboxylic acids is 1. The second kappa shape index (κ2) is 3.83. The number of para-hydroxylation sites is 1. The fraction of sp³-hybridized carbons (Fsp3) is 0.250. The first kappa shape index (κ1) is 10.8. The van der Waals surface area contributed by atoms with E-state index < -0.39 is 0 Å². The molecule has 0 radical (unpaired) electrons. The van der Waals surface area contributed by atoms with Gasteiger partial charge in [-0.15, -0.1) is 5.10 Å². The molecule has 1 aliphatic rings. The monoisotopic (exact) mass is 244 g/mol. The van der Waals surface area contributed by atoms with Crippen LogP contribution in [-0.4, -0.2) is 27.2 Å². The first-order valence-electron chi connectivity index (χ1n) is 5.70. The van der Waals surface area contributed by atoms with Crippen LogP contribution in [0.1, 0.15) is 16.2 Å². The van der Waals surface area contributed by atoms with Crippen LogP contribution in [0.4, 0.5) is 5.69 Å². The molecule has 0 fully saturated rings. The van der Waals surface area contributed by atoms with Crippen LogP contribution in [0.25, 0.3) is 0 Å². The van der Waals surface area contributed by atoms with Gasteiger partial charge in [-0.05, 0) is 18.1 Å². The highest BCUT2D eigenvalue weighted by Gasteiger charge is 2.27. The number of anilines is 1. The van der Waals surface area contributed by atoms with Gasteiger partial charge in [-0.1, -0.05) is 18.2 Å². The van der Waals surface area contributed by atoms with E-state index in [1.807, 2.05) is 24.3 Å². The van der Waals surface area contributed by atoms with Crippen molar-refractivity contribution in [2.75, 3.05) is 11.4 Å². The van der Waals surface area contributed by atoms with Crippen LogP contribution in [-0.2, 0) is 13.5 Å². The minimum absolute atomic E-state index is 0.0826. The van der Waals surface area contributed by atoms with Gasteiger partial charge in [0.2, 0.25) is 5.82 Å². The molecule has 18 heavy (non-hydrogen) atoms. The molecule has 2 aromatic rings. The highest BCUT2D eigenvalue weighted by Crippen LogP contribution is 2.28. The lowest BCUT2D eigenvalue weighted by Gasteiger charge is -2.15. The van der Waals surface area contributed by atoms with Gasteiger partial charge in [0.05, 0.1) is 0 Å². The van der Waals surface area contributed by atoms with E-state index in [4.69, 9.17) is 0 Å². The molecule has 6 heteroatoms. The number of rotatable bonds is 1. The number of hydrogen-bond acceptors (Lipinski definition) is 3. The Hall–Kier alpha value is -2.37. The molecule has 1 aromatic carbocycles. The SMILES string of the molecule is Cn1nc(C(=O)N2CCc3ccccc32)[nH]c1=O. The van der Waals surface area contributed by atoms with Crippen molar-refractivity contribution in [3.8, 4) is 0 Å². The van der Waals surface area contributed by atoms with E-state index in [0.29, 0.717) is 6.54 Å². The van der Waals surface area contributed by atoms with E-state index in [-0.39, 0.29) is 17.4 Å². The average Bonchev–Trinajstić information content (AvgIpc) is 2.93. The van der Waals surface area contributed by atoms with Crippen LogP contribution >= 0.6 is 0 Å². The molecular formula is C12H12N4O2. The third kappa shape index (κ3) is 1.54. The fourth-order valence-corrected chi connectivity index (χ4v) is 2.18. The lowest BCUT2D eigenvalue weighted by Crippen LogP contribution is -2.30. The molecule has 0 unspecified atom stereocenters. The molecule has 92 valence electrons. The summed E-state index contributed by atoms with van der Waals surface area (Å²) in [4.78, 5) is 27.6. The first-order chi connectivity index (χ1) is 8.66. The van der Waals surface area contributed by atoms with Crippen LogP contribution in [0.15, 0.2) is 29.1 Å². The van der Waals surface area contributed by atoms with Crippen molar-refractivity contribution < 1.29 is 4.79 Å². The quantitative estimate of drug-likeness (QED) is 0.784. The number of nitrogens with one attached hydrogen (secondary N) is 1. The Bertz CT molecular complexity index is 671. The van der Waals surface area contributed by atoms with Crippen LogP contribution in [0.2, 0.25) is 0 Å². The zero-order valence-electron chi connectivity index (χ0n) is 9.88. The Morgan fingerprint density at radius 1 is 1.39 bits per heavy atom. The molecule has 0 saturated heterocycles. The normalized spacial score (nSPS) is 13.7. The molecule has 1 aliphatic heterocycles. The van der Waals surface area contributed by atoms with Crippen molar-refractivity contribution in [3.63, 3.8) is 0 Å². The average molecular weight is 244 g/mol. The van der Waals surface area contributed by atoms with Crippen LogP contribution in [0.5, 0.6) is 0 Å². The van der Waals surface area contributed by atoms with Gasteiger partial charge in [-0.3, -0.25) is 9.78 Å². The zero-order chi connectivity index (χ0) is 12.7. The van der Waals surface area contributed by atoms with Crippen LogP contribution in [0.3, 0.4) is 0 Å². The Morgan fingerprint density at radius 2 is 2.17 bits per heavy atom. The van der Waals surface area contributed by atoms with Crippen molar-refractivity contribution in [1.82, 2.24) is 14.8 Å². The molecule has 0 spiro atoms. The molecule has 6 nitrogen and oxygen atoms in total. The van der Waals surface area contributed by atoms with Gasteiger partial charge in [-0.25, -0.2) is 9.48 Å². The minimum atomic E-state index is -0.383. The van der Waals surface area contributed by atoms with E-state index in [1.54, 1.807) is 4.90 Å². The third-order valence-corrected chi connectivity index (χ3v) is 3.10. The lowest BCUT2D eigenvalue weighted by atomic mass is 10.2. The number of nitrogens with zero attached hydrogens (tertiary/aromatic N) is 3. The Balaban J connectivity index is 1.98. The lowest BCUT2D eigenvalue weighted by molar-refractivity contribution is 0.0979. The standard InChI is InChI=1S/C12H12N4O2/c1-15-12(18)13-10(14-15)11(17)16-7-6-8-4-2-3-5-9(8)16/h2-5H,6-7H2,1H3,(H,13,14,18). The van der Waals surface area contributed by atoms with Gasteiger partial charge < -0.3 is 4.90 Å². The van der Waals surface area contributed by atoms with E-state index in [1.165, 1.54) is 7.05 Å². The van der Waals surface area contributed by atoms with Crippen molar-refractivity contribution in [2.45, 2.75) is 6.42 Å². The summed E-state index contributed by atoms with van der Waals surface area (Å²) in [7, 11) is 1.51. The van der Waals surface area contributed by atoms with Gasteiger partial charge in [0.25, 0.3) is 5.91 Å². The number of aromatic nitrogens is 3. The largest absolute Gasteiger partial charge is 0.343 e. The summed E-state index contributed by atoms with van der Waals surface area (Å²) >= 11 is 0. The number of aromatic amines is 1. The summed E-state index contributed by atoms with van der Waals surface area (Å²) in [6.45, 7) is 0.622. The summed E-state index contributed by atoms with van der Waals surface area (Å²) in [5.41, 5.74) is 1.66. The molecule has 0 bridgehead atoms. The number of benzene rings is 1. The molecule has 3 rings (SSSR count). The number of hydrogen-bond donors (Lipinski definition) is 1. The van der Waals surface area contributed by atoms with Gasteiger partial charge in [0.15, 0.2) is 0 Å². The van der Waals surface area contributed by atoms with E-state index in [2.05, 4.69) is 10.1 Å². The van der Waals surface area contributed by atoms with Crippen molar-refractivity contribution >= 4 is 11.6 Å². The number of fused-ring (bicyclic) bond motifs is 1. The van der Waals surface area contributed by atoms with E-state index in [9.17, 15) is 9.59 Å². The maximum Gasteiger partial charge on any atom is 0.343 e. The summed E-state index contributed by atoms with van der Waals surface area (Å²) in [6, 6.07) is 7.76. The highest BCUT2D eigenvalue weighted by atomic mass is 16.2. The summed E-state index contributed by atoms with van der Waals surface area (Å²) < 4.78 is 1.12. The van der Waals surface area contributed by atoms with E-state index >= 15 is 0 Å². The van der Waals surface area contributed by atoms with Crippen LogP contribution < -0.4 is 10.6 Å². The Labute approximate surface area is 103 Å². The molecule has 0 atom stereocenters. The van der Waals surface area contributed by atoms with Crippen molar-refractivity contribution in [1.29, 1.82) is 0 Å². The number of amides is 1. The Kier molecular flexibility index (Phi) is 2.29. The smallest absolute Gasteiger partial charge is 0.305 e. The number of aryl methyl sites for hydroxylation is 1. The molecule has 0 aliphatic carbocycles. The Morgan fingerprint density at radius 3 is 2.89 bits per heavy atom. The topological polar surface area (TPSA) is 71.0 Å². The van der Waals surface area contributed by atoms with Gasteiger partial charge in [0, 0.05) is 19.3 Å². The minimum Gasteiger partial charge on any atom is -0.305 e. The molecule has 1 N–H and O–H groups in total. The van der Waals surface area contributed by atoms with Gasteiger partial charge in [0.1, 0.15) is 0 Å². The molecule has 2 heterocycles. The maximum absolute atomic E-state index is 12.3. The summed E-state index contributed by atoms with van der Waals surface area (Å²) in [5.74, 6) is -0.183. The van der Waals surface area contributed by atoms with Crippen molar-refractivity contribution in [3.05, 3.63) is 46.1 Å². The van der Waals surface area contributed by atoms with Gasteiger partial charge >= 0.3 is 5.69 Å². The molecule has 1 amide bonds. The zero-order valence-corrected chi connectivity index (χ0v) is 9.88. The number of H-pyrrole nitrogens is 1. The van der Waals surface area contributed by atoms with Crippen LogP contribution in [0, 0.1) is 0 Å². The second-order valence-electron chi connectivity index (χ2n) is 4.24. The van der Waals surface area contributed by atoms with Crippen molar-refractivity contribution in [2.24, 2.45) is 7.05 Å². The fourth-order valence-electron chi connectivity index (χ4n) is 2.18. The van der Waals surface area contributed by atoms with E-state index in [0.717, 1.165) is 22.4 Å². The van der Waals surface area contributed by atoms with Gasteiger partial charge in [-0.2, -0.15) is 0 Å². The highest BCUT2D eigenvalue weighted by molar-refractivity contribution is 6.04. The predicted octanol–water partition coefficient (Wildman–Crippen LogP) is 0.311. The second-order valence-corrected chi connectivity index (χ2v) is 4.24.